The zero-order valence-electron chi connectivity index (χ0n) is 15.2. The van der Waals surface area contributed by atoms with E-state index in [9.17, 15) is 8.42 Å². The minimum absolute atomic E-state index is 0.0598. The standard InChI is InChI=1S/C19H26N2O3S/c1-5-15-10-12-16(13-11-15)17(21(2)3)14-20-25(22,23)19-9-7-6-8-18(19)24-4/h6-13,17,20H,5,14H2,1-4H3. The van der Waals surface area contributed by atoms with Gasteiger partial charge >= 0.3 is 0 Å². The van der Waals surface area contributed by atoms with Crippen molar-refractivity contribution in [3.63, 3.8) is 0 Å². The van der Waals surface area contributed by atoms with Crippen LogP contribution in [0.3, 0.4) is 0 Å². The van der Waals surface area contributed by atoms with Gasteiger partial charge in [0.15, 0.2) is 0 Å². The van der Waals surface area contributed by atoms with E-state index in [1.807, 2.05) is 19.0 Å². The van der Waals surface area contributed by atoms with Crippen LogP contribution < -0.4 is 9.46 Å². The second-order valence-corrected chi connectivity index (χ2v) is 7.81. The first-order valence-electron chi connectivity index (χ1n) is 8.27. The Bertz CT molecular complexity index is 787. The highest BCUT2D eigenvalue weighted by molar-refractivity contribution is 7.89. The summed E-state index contributed by atoms with van der Waals surface area (Å²) in [7, 11) is 1.69. The van der Waals surface area contributed by atoms with Gasteiger partial charge in [0.2, 0.25) is 10.0 Å². The van der Waals surface area contributed by atoms with Gasteiger partial charge in [-0.05, 0) is 43.8 Å². The lowest BCUT2D eigenvalue weighted by Crippen LogP contribution is -2.34. The molecule has 25 heavy (non-hydrogen) atoms. The van der Waals surface area contributed by atoms with Crippen LogP contribution in [0.2, 0.25) is 0 Å². The Hall–Kier alpha value is -1.89. The zero-order valence-corrected chi connectivity index (χ0v) is 16.0. The molecule has 0 aliphatic heterocycles. The molecule has 0 fully saturated rings. The van der Waals surface area contributed by atoms with Gasteiger partial charge in [0.05, 0.1) is 7.11 Å². The average molecular weight is 362 g/mol. The molecule has 0 spiro atoms. The molecule has 0 saturated heterocycles. The van der Waals surface area contributed by atoms with E-state index in [0.29, 0.717) is 5.75 Å². The number of hydrogen-bond donors (Lipinski definition) is 1. The van der Waals surface area contributed by atoms with E-state index in [1.54, 1.807) is 24.3 Å². The maximum Gasteiger partial charge on any atom is 0.244 e. The third kappa shape index (κ3) is 4.81. The van der Waals surface area contributed by atoms with Gasteiger partial charge < -0.3 is 9.64 Å². The van der Waals surface area contributed by atoms with Gasteiger partial charge in [0.25, 0.3) is 0 Å². The Labute approximate surface area is 150 Å². The lowest BCUT2D eigenvalue weighted by molar-refractivity contribution is 0.299. The first-order valence-corrected chi connectivity index (χ1v) is 9.75. The molecular weight excluding hydrogens is 336 g/mol. The summed E-state index contributed by atoms with van der Waals surface area (Å²) in [4.78, 5) is 2.16. The van der Waals surface area contributed by atoms with Gasteiger partial charge in [-0.3, -0.25) is 0 Å². The molecule has 0 heterocycles. The lowest BCUT2D eigenvalue weighted by atomic mass is 10.0. The van der Waals surface area contributed by atoms with Crippen molar-refractivity contribution < 1.29 is 13.2 Å². The van der Waals surface area contributed by atoms with Crippen molar-refractivity contribution in [3.8, 4) is 5.75 Å². The van der Waals surface area contributed by atoms with Gasteiger partial charge in [-0.2, -0.15) is 0 Å². The number of para-hydroxylation sites is 1. The van der Waals surface area contributed by atoms with E-state index in [-0.39, 0.29) is 17.5 Å². The third-order valence-electron chi connectivity index (χ3n) is 4.22. The fourth-order valence-electron chi connectivity index (χ4n) is 2.68. The third-order valence-corrected chi connectivity index (χ3v) is 5.68. The maximum absolute atomic E-state index is 12.7. The number of likely N-dealkylation sites (N-methyl/N-ethyl adjacent to an activating group) is 1. The monoisotopic (exact) mass is 362 g/mol. The Morgan fingerprint density at radius 3 is 2.28 bits per heavy atom. The molecule has 2 aromatic carbocycles. The van der Waals surface area contributed by atoms with Gasteiger partial charge in [0, 0.05) is 12.6 Å². The average Bonchev–Trinajstić information content (AvgIpc) is 2.62. The summed E-state index contributed by atoms with van der Waals surface area (Å²) in [6, 6.07) is 14.8. The summed E-state index contributed by atoms with van der Waals surface area (Å²) in [6.07, 6.45) is 0.980. The first-order chi connectivity index (χ1) is 11.9. The van der Waals surface area contributed by atoms with E-state index in [1.165, 1.54) is 12.7 Å². The van der Waals surface area contributed by atoms with E-state index < -0.39 is 10.0 Å². The summed E-state index contributed by atoms with van der Waals surface area (Å²) < 4.78 is 33.2. The van der Waals surface area contributed by atoms with E-state index in [0.717, 1.165) is 12.0 Å². The number of rotatable bonds is 8. The summed E-state index contributed by atoms with van der Waals surface area (Å²) in [5.74, 6) is 0.337. The molecule has 0 aliphatic rings. The SMILES string of the molecule is CCc1ccc(C(CNS(=O)(=O)c2ccccc2OC)N(C)C)cc1. The first kappa shape index (κ1) is 19.4. The van der Waals surface area contributed by atoms with Crippen LogP contribution in [-0.2, 0) is 16.4 Å². The van der Waals surface area contributed by atoms with Crippen LogP contribution in [0.15, 0.2) is 53.4 Å². The molecule has 1 unspecified atom stereocenters. The Kier molecular flexibility index (Phi) is 6.58. The van der Waals surface area contributed by atoms with Crippen molar-refractivity contribution in [2.45, 2.75) is 24.3 Å². The fraction of sp³-hybridized carbons (Fsp3) is 0.368. The maximum atomic E-state index is 12.7. The molecule has 1 atom stereocenters. The topological polar surface area (TPSA) is 58.6 Å². The number of ether oxygens (including phenoxy) is 1. The van der Waals surface area contributed by atoms with Gasteiger partial charge in [-0.1, -0.05) is 43.3 Å². The largest absolute Gasteiger partial charge is 0.495 e. The molecule has 136 valence electrons. The van der Waals surface area contributed by atoms with Crippen molar-refractivity contribution >= 4 is 10.0 Å². The van der Waals surface area contributed by atoms with E-state index >= 15 is 0 Å². The zero-order chi connectivity index (χ0) is 18.4. The Morgan fingerprint density at radius 1 is 1.08 bits per heavy atom. The van der Waals surface area contributed by atoms with Gasteiger partial charge in [-0.15, -0.1) is 0 Å². The highest BCUT2D eigenvalue weighted by Crippen LogP contribution is 2.24. The number of aryl methyl sites for hydroxylation is 1. The molecule has 2 rings (SSSR count). The molecule has 6 heteroatoms. The number of methoxy groups -OCH3 is 1. The highest BCUT2D eigenvalue weighted by Gasteiger charge is 2.22. The number of nitrogens with zero attached hydrogens (tertiary/aromatic N) is 1. The van der Waals surface area contributed by atoms with E-state index in [2.05, 4.69) is 35.9 Å². The molecular formula is C19H26N2O3S. The normalized spacial score (nSPS) is 13.0. The van der Waals surface area contributed by atoms with Crippen LogP contribution in [-0.4, -0.2) is 41.1 Å². The van der Waals surface area contributed by atoms with Crippen LogP contribution in [0.25, 0.3) is 0 Å². The molecule has 0 saturated carbocycles. The molecule has 0 amide bonds. The Morgan fingerprint density at radius 2 is 1.72 bits per heavy atom. The minimum Gasteiger partial charge on any atom is -0.495 e. The summed E-state index contributed by atoms with van der Waals surface area (Å²) >= 11 is 0. The number of benzene rings is 2. The van der Waals surface area contributed by atoms with Gasteiger partial charge in [0.1, 0.15) is 10.6 Å². The molecule has 0 aliphatic carbocycles. The molecule has 0 radical (unpaired) electrons. The summed E-state index contributed by atoms with van der Waals surface area (Å²) in [6.45, 7) is 2.39. The van der Waals surface area contributed by atoms with Crippen molar-refractivity contribution in [2.75, 3.05) is 27.7 Å². The summed E-state index contributed by atoms with van der Waals surface area (Å²) in [5, 5.41) is 0. The second kappa shape index (κ2) is 8.47. The van der Waals surface area contributed by atoms with E-state index in [4.69, 9.17) is 4.74 Å². The van der Waals surface area contributed by atoms with Crippen LogP contribution >= 0.6 is 0 Å². The van der Waals surface area contributed by atoms with Crippen LogP contribution in [0.5, 0.6) is 5.75 Å². The fourth-order valence-corrected chi connectivity index (χ4v) is 3.89. The van der Waals surface area contributed by atoms with Crippen LogP contribution in [0, 0.1) is 0 Å². The minimum atomic E-state index is -3.65. The lowest BCUT2D eigenvalue weighted by Gasteiger charge is -2.25. The summed E-state index contributed by atoms with van der Waals surface area (Å²) in [5.41, 5.74) is 2.33. The van der Waals surface area contributed by atoms with Crippen LogP contribution in [0.1, 0.15) is 24.1 Å². The number of nitrogens with one attached hydrogen (secondary N) is 1. The second-order valence-electron chi connectivity index (χ2n) is 6.08. The quantitative estimate of drug-likeness (QED) is 0.784. The molecule has 1 N–H and O–H groups in total. The number of hydrogen-bond acceptors (Lipinski definition) is 4. The van der Waals surface area contributed by atoms with Gasteiger partial charge in [-0.25, -0.2) is 13.1 Å². The van der Waals surface area contributed by atoms with Crippen molar-refractivity contribution in [3.05, 3.63) is 59.7 Å². The highest BCUT2D eigenvalue weighted by atomic mass is 32.2. The van der Waals surface area contributed by atoms with Crippen molar-refractivity contribution in [2.24, 2.45) is 0 Å². The molecule has 0 bridgehead atoms. The predicted molar refractivity (Wildman–Crippen MR) is 100 cm³/mol. The van der Waals surface area contributed by atoms with Crippen molar-refractivity contribution in [1.82, 2.24) is 9.62 Å². The Balaban J connectivity index is 2.20. The molecule has 5 nitrogen and oxygen atoms in total. The molecule has 2 aromatic rings. The van der Waals surface area contributed by atoms with Crippen LogP contribution in [0.4, 0.5) is 0 Å². The van der Waals surface area contributed by atoms with Crippen molar-refractivity contribution in [1.29, 1.82) is 0 Å². The predicted octanol–water partition coefficient (Wildman–Crippen LogP) is 2.84. The molecule has 0 aromatic heterocycles. The number of sulfonamides is 1. The smallest absolute Gasteiger partial charge is 0.244 e.